The summed E-state index contributed by atoms with van der Waals surface area (Å²) in [6.45, 7) is 2.87. The first-order valence-corrected chi connectivity index (χ1v) is 11.0. The summed E-state index contributed by atoms with van der Waals surface area (Å²) in [5.41, 5.74) is 1.23. The number of halogens is 1. The molecule has 2 aromatic carbocycles. The van der Waals surface area contributed by atoms with E-state index in [-0.39, 0.29) is 5.82 Å². The molecule has 3 nitrogen and oxygen atoms in total. The van der Waals surface area contributed by atoms with Gasteiger partial charge < -0.3 is 9.47 Å². The summed E-state index contributed by atoms with van der Waals surface area (Å²) >= 11 is 0. The second kappa shape index (κ2) is 9.62. The van der Waals surface area contributed by atoms with Gasteiger partial charge in [0, 0.05) is 18.5 Å². The van der Waals surface area contributed by atoms with Gasteiger partial charge in [0.1, 0.15) is 17.3 Å². The molecule has 29 heavy (non-hydrogen) atoms. The van der Waals surface area contributed by atoms with Gasteiger partial charge >= 0.3 is 0 Å². The standard InChI is InChI=1S/C25H32FNO2/c1-28-23-11-13-24(14-12-23)29-18-20-17-27(22-5-3-2-4-6-22)16-15-25(20)19-7-9-21(26)10-8-19/h7-14,20,22,25H,2-6,15-18H2,1H3/t20-,25-/m1/s1. The van der Waals surface area contributed by atoms with Gasteiger partial charge in [-0.05, 0) is 73.7 Å². The molecule has 0 bridgehead atoms. The molecule has 0 radical (unpaired) electrons. The molecule has 1 aliphatic heterocycles. The Balaban J connectivity index is 1.46. The number of rotatable bonds is 6. The van der Waals surface area contributed by atoms with Crippen LogP contribution in [0.15, 0.2) is 48.5 Å². The molecular weight excluding hydrogens is 365 g/mol. The number of benzene rings is 2. The first kappa shape index (κ1) is 20.2. The van der Waals surface area contributed by atoms with Gasteiger partial charge in [-0.3, -0.25) is 4.90 Å². The molecule has 1 saturated carbocycles. The molecule has 0 N–H and O–H groups in total. The van der Waals surface area contributed by atoms with Crippen LogP contribution in [0.25, 0.3) is 0 Å². The van der Waals surface area contributed by atoms with Gasteiger partial charge in [-0.1, -0.05) is 31.4 Å². The second-order valence-electron chi connectivity index (χ2n) is 8.48. The maximum absolute atomic E-state index is 13.4. The first-order valence-electron chi connectivity index (χ1n) is 11.0. The van der Waals surface area contributed by atoms with Crippen LogP contribution in [0.4, 0.5) is 4.39 Å². The van der Waals surface area contributed by atoms with Crippen molar-refractivity contribution in [1.29, 1.82) is 0 Å². The summed E-state index contributed by atoms with van der Waals surface area (Å²) in [7, 11) is 1.67. The van der Waals surface area contributed by atoms with Crippen LogP contribution in [0.5, 0.6) is 11.5 Å². The Morgan fingerprint density at radius 1 is 0.897 bits per heavy atom. The van der Waals surface area contributed by atoms with Crippen molar-refractivity contribution in [2.75, 3.05) is 26.8 Å². The van der Waals surface area contributed by atoms with Crippen molar-refractivity contribution >= 4 is 0 Å². The third kappa shape index (κ3) is 5.11. The molecule has 0 amide bonds. The number of nitrogens with zero attached hydrogens (tertiary/aromatic N) is 1. The van der Waals surface area contributed by atoms with Crippen molar-refractivity contribution in [2.24, 2.45) is 5.92 Å². The van der Waals surface area contributed by atoms with E-state index >= 15 is 0 Å². The number of likely N-dealkylation sites (tertiary alicyclic amines) is 1. The van der Waals surface area contributed by atoms with Gasteiger partial charge in [-0.2, -0.15) is 0 Å². The van der Waals surface area contributed by atoms with E-state index in [0.717, 1.165) is 37.1 Å². The Morgan fingerprint density at radius 2 is 1.59 bits per heavy atom. The molecule has 4 heteroatoms. The van der Waals surface area contributed by atoms with Crippen LogP contribution < -0.4 is 9.47 Å². The van der Waals surface area contributed by atoms with E-state index in [4.69, 9.17) is 9.47 Å². The summed E-state index contributed by atoms with van der Waals surface area (Å²) < 4.78 is 24.9. The highest BCUT2D eigenvalue weighted by atomic mass is 19.1. The SMILES string of the molecule is COc1ccc(OC[C@H]2CN(C3CCCCC3)CC[C@@H]2c2ccc(F)cc2)cc1. The lowest BCUT2D eigenvalue weighted by Crippen LogP contribution is -2.47. The van der Waals surface area contributed by atoms with E-state index in [9.17, 15) is 4.39 Å². The number of ether oxygens (including phenoxy) is 2. The summed E-state index contributed by atoms with van der Waals surface area (Å²) in [5, 5.41) is 0. The summed E-state index contributed by atoms with van der Waals surface area (Å²) in [6.07, 6.45) is 7.86. The third-order valence-electron chi connectivity index (χ3n) is 6.68. The van der Waals surface area contributed by atoms with Crippen LogP contribution in [0.3, 0.4) is 0 Å². The Kier molecular flexibility index (Phi) is 6.70. The van der Waals surface area contributed by atoms with Crippen molar-refractivity contribution in [3.8, 4) is 11.5 Å². The van der Waals surface area contributed by atoms with Crippen LogP contribution in [0, 0.1) is 11.7 Å². The molecule has 2 aliphatic rings. The molecule has 4 rings (SSSR count). The lowest BCUT2D eigenvalue weighted by atomic mass is 9.79. The average molecular weight is 398 g/mol. The van der Waals surface area contributed by atoms with E-state index in [1.165, 1.54) is 37.7 Å². The molecule has 2 aromatic rings. The van der Waals surface area contributed by atoms with Crippen molar-refractivity contribution in [3.05, 3.63) is 59.9 Å². The van der Waals surface area contributed by atoms with Crippen LogP contribution in [0.1, 0.15) is 50.0 Å². The van der Waals surface area contributed by atoms with Gasteiger partial charge in [-0.25, -0.2) is 4.39 Å². The summed E-state index contributed by atoms with van der Waals surface area (Å²) in [5.74, 6) is 2.35. The number of piperidine rings is 1. The lowest BCUT2D eigenvalue weighted by Gasteiger charge is -2.43. The molecule has 0 unspecified atom stereocenters. The zero-order valence-electron chi connectivity index (χ0n) is 17.4. The van der Waals surface area contributed by atoms with Crippen LogP contribution >= 0.6 is 0 Å². The van der Waals surface area contributed by atoms with Gasteiger partial charge in [0.25, 0.3) is 0 Å². The Labute approximate surface area is 173 Å². The van der Waals surface area contributed by atoms with Crippen LogP contribution in [0.2, 0.25) is 0 Å². The maximum atomic E-state index is 13.4. The van der Waals surface area contributed by atoms with Crippen molar-refractivity contribution in [2.45, 2.75) is 50.5 Å². The van der Waals surface area contributed by atoms with Crippen molar-refractivity contribution in [3.63, 3.8) is 0 Å². The fourth-order valence-corrected chi connectivity index (χ4v) is 5.03. The highest BCUT2D eigenvalue weighted by molar-refractivity contribution is 5.31. The fourth-order valence-electron chi connectivity index (χ4n) is 5.03. The largest absolute Gasteiger partial charge is 0.497 e. The minimum atomic E-state index is -0.167. The van der Waals surface area contributed by atoms with Crippen molar-refractivity contribution < 1.29 is 13.9 Å². The molecular formula is C25H32FNO2. The van der Waals surface area contributed by atoms with E-state index in [2.05, 4.69) is 4.90 Å². The Hall–Kier alpha value is -2.07. The number of hydrogen-bond donors (Lipinski definition) is 0. The minimum absolute atomic E-state index is 0.167. The monoisotopic (exact) mass is 397 g/mol. The fraction of sp³-hybridized carbons (Fsp3) is 0.520. The van der Waals surface area contributed by atoms with Gasteiger partial charge in [0.2, 0.25) is 0 Å². The zero-order valence-corrected chi connectivity index (χ0v) is 17.4. The van der Waals surface area contributed by atoms with E-state index in [1.54, 1.807) is 19.2 Å². The molecule has 0 aromatic heterocycles. The lowest BCUT2D eigenvalue weighted by molar-refractivity contribution is 0.0639. The molecule has 2 atom stereocenters. The highest BCUT2D eigenvalue weighted by Crippen LogP contribution is 2.36. The minimum Gasteiger partial charge on any atom is -0.497 e. The molecule has 0 spiro atoms. The quantitative estimate of drug-likeness (QED) is 0.628. The summed E-state index contributed by atoms with van der Waals surface area (Å²) in [6, 6.07) is 15.6. The normalized spacial score (nSPS) is 23.7. The molecule has 2 fully saturated rings. The van der Waals surface area contributed by atoms with E-state index in [0.29, 0.717) is 18.4 Å². The second-order valence-corrected chi connectivity index (χ2v) is 8.48. The van der Waals surface area contributed by atoms with E-state index in [1.807, 2.05) is 36.4 Å². The number of hydrogen-bond acceptors (Lipinski definition) is 3. The average Bonchev–Trinajstić information content (AvgIpc) is 2.79. The smallest absolute Gasteiger partial charge is 0.123 e. The van der Waals surface area contributed by atoms with Crippen LogP contribution in [-0.2, 0) is 0 Å². The van der Waals surface area contributed by atoms with Gasteiger partial charge in [-0.15, -0.1) is 0 Å². The molecule has 1 saturated heterocycles. The van der Waals surface area contributed by atoms with Crippen LogP contribution in [-0.4, -0.2) is 37.7 Å². The zero-order chi connectivity index (χ0) is 20.1. The predicted molar refractivity (Wildman–Crippen MR) is 114 cm³/mol. The molecule has 1 heterocycles. The third-order valence-corrected chi connectivity index (χ3v) is 6.68. The Morgan fingerprint density at radius 3 is 2.28 bits per heavy atom. The molecule has 1 aliphatic carbocycles. The highest BCUT2D eigenvalue weighted by Gasteiger charge is 2.34. The van der Waals surface area contributed by atoms with Gasteiger partial charge in [0.15, 0.2) is 0 Å². The summed E-state index contributed by atoms with van der Waals surface area (Å²) in [4.78, 5) is 2.70. The predicted octanol–water partition coefficient (Wildman–Crippen LogP) is 5.65. The first-order chi connectivity index (χ1) is 14.2. The topological polar surface area (TPSA) is 21.7 Å². The molecule has 156 valence electrons. The van der Waals surface area contributed by atoms with Gasteiger partial charge in [0.05, 0.1) is 13.7 Å². The van der Waals surface area contributed by atoms with E-state index < -0.39 is 0 Å². The van der Waals surface area contributed by atoms with Crippen molar-refractivity contribution in [1.82, 2.24) is 4.90 Å². The number of methoxy groups -OCH3 is 1. The maximum Gasteiger partial charge on any atom is 0.123 e. The Bertz CT molecular complexity index is 755.